The first-order valence-corrected chi connectivity index (χ1v) is 10.7. The number of alkyl carbamates (subject to hydrolysis) is 1. The average Bonchev–Trinajstić information content (AvgIpc) is 3.41. The van der Waals surface area contributed by atoms with Crippen LogP contribution in [0.2, 0.25) is 0 Å². The van der Waals surface area contributed by atoms with E-state index >= 15 is 0 Å². The summed E-state index contributed by atoms with van der Waals surface area (Å²) in [5.41, 5.74) is 8.50. The Morgan fingerprint density at radius 1 is 0.968 bits per heavy atom. The van der Waals surface area contributed by atoms with Crippen LogP contribution in [-0.4, -0.2) is 19.2 Å². The van der Waals surface area contributed by atoms with Crippen molar-refractivity contribution in [3.05, 3.63) is 101 Å². The number of rotatable bonds is 4. The van der Waals surface area contributed by atoms with Crippen molar-refractivity contribution in [3.8, 4) is 23.0 Å². The molecule has 152 valence electrons. The van der Waals surface area contributed by atoms with Gasteiger partial charge in [0.05, 0.1) is 0 Å². The maximum atomic E-state index is 12.2. The number of benzene rings is 3. The highest BCUT2D eigenvalue weighted by Crippen LogP contribution is 2.44. The third-order valence-electron chi connectivity index (χ3n) is 5.92. The van der Waals surface area contributed by atoms with Gasteiger partial charge in [-0.2, -0.15) is 0 Å². The SMILES string of the molecule is O=C(NCCC#Cc1cccc2c1CC=C2)OCC1c2ccccc2-c2ccccc21. The Labute approximate surface area is 182 Å². The molecule has 3 nitrogen and oxygen atoms in total. The molecule has 0 saturated heterocycles. The van der Waals surface area contributed by atoms with Crippen molar-refractivity contribution in [2.24, 2.45) is 0 Å². The van der Waals surface area contributed by atoms with E-state index in [-0.39, 0.29) is 5.92 Å². The van der Waals surface area contributed by atoms with Gasteiger partial charge >= 0.3 is 6.09 Å². The largest absolute Gasteiger partial charge is 0.449 e. The third-order valence-corrected chi connectivity index (χ3v) is 5.92. The minimum absolute atomic E-state index is 0.0757. The minimum Gasteiger partial charge on any atom is -0.449 e. The molecule has 0 aliphatic heterocycles. The zero-order valence-electron chi connectivity index (χ0n) is 17.2. The number of amides is 1. The van der Waals surface area contributed by atoms with Gasteiger partial charge in [-0.15, -0.1) is 0 Å². The lowest BCUT2D eigenvalue weighted by atomic mass is 9.98. The molecular weight excluding hydrogens is 382 g/mol. The molecule has 0 heterocycles. The van der Waals surface area contributed by atoms with E-state index in [1.807, 2.05) is 30.3 Å². The lowest BCUT2D eigenvalue weighted by Gasteiger charge is -2.14. The Hall–Kier alpha value is -3.77. The smallest absolute Gasteiger partial charge is 0.407 e. The highest BCUT2D eigenvalue weighted by Gasteiger charge is 2.28. The summed E-state index contributed by atoms with van der Waals surface area (Å²) in [5, 5.41) is 2.82. The van der Waals surface area contributed by atoms with Gasteiger partial charge in [0.25, 0.3) is 0 Å². The Morgan fingerprint density at radius 3 is 2.48 bits per heavy atom. The van der Waals surface area contributed by atoms with E-state index in [0.717, 1.165) is 12.0 Å². The van der Waals surface area contributed by atoms with E-state index in [1.165, 1.54) is 33.4 Å². The first-order valence-electron chi connectivity index (χ1n) is 10.7. The van der Waals surface area contributed by atoms with Crippen LogP contribution in [0.5, 0.6) is 0 Å². The minimum atomic E-state index is -0.395. The summed E-state index contributed by atoms with van der Waals surface area (Å²) in [5.74, 6) is 6.47. The van der Waals surface area contributed by atoms with Crippen molar-refractivity contribution < 1.29 is 9.53 Å². The van der Waals surface area contributed by atoms with E-state index < -0.39 is 6.09 Å². The van der Waals surface area contributed by atoms with E-state index in [4.69, 9.17) is 4.74 Å². The number of nitrogens with one attached hydrogen (secondary N) is 1. The molecule has 0 fully saturated rings. The van der Waals surface area contributed by atoms with Gasteiger partial charge in [-0.05, 0) is 45.9 Å². The highest BCUT2D eigenvalue weighted by atomic mass is 16.5. The van der Waals surface area contributed by atoms with Crippen molar-refractivity contribution in [2.45, 2.75) is 18.8 Å². The zero-order valence-corrected chi connectivity index (χ0v) is 17.2. The molecule has 31 heavy (non-hydrogen) atoms. The predicted molar refractivity (Wildman–Crippen MR) is 124 cm³/mol. The lowest BCUT2D eigenvalue weighted by molar-refractivity contribution is 0.143. The molecule has 0 radical (unpaired) electrons. The van der Waals surface area contributed by atoms with Gasteiger partial charge in [-0.25, -0.2) is 4.79 Å². The molecule has 2 aliphatic rings. The monoisotopic (exact) mass is 405 g/mol. The van der Waals surface area contributed by atoms with E-state index in [9.17, 15) is 4.79 Å². The van der Waals surface area contributed by atoms with Crippen LogP contribution in [-0.2, 0) is 11.2 Å². The Kier molecular flexibility index (Phi) is 5.29. The topological polar surface area (TPSA) is 38.3 Å². The Balaban J connectivity index is 1.14. The normalized spacial score (nSPS) is 13.0. The van der Waals surface area contributed by atoms with E-state index in [2.05, 4.69) is 65.7 Å². The molecular formula is C28H23NO2. The summed E-state index contributed by atoms with van der Waals surface area (Å²) < 4.78 is 5.56. The molecule has 0 unspecified atom stereocenters. The van der Waals surface area contributed by atoms with Crippen LogP contribution >= 0.6 is 0 Å². The van der Waals surface area contributed by atoms with Gasteiger partial charge in [-0.1, -0.05) is 84.7 Å². The summed E-state index contributed by atoms with van der Waals surface area (Å²) in [6, 6.07) is 22.9. The summed E-state index contributed by atoms with van der Waals surface area (Å²) in [4.78, 5) is 12.2. The van der Waals surface area contributed by atoms with Crippen LogP contribution < -0.4 is 5.32 Å². The predicted octanol–water partition coefficient (Wildman–Crippen LogP) is 5.54. The number of carbonyl (C=O) groups is 1. The molecule has 0 spiro atoms. The van der Waals surface area contributed by atoms with Crippen molar-refractivity contribution >= 4 is 12.2 Å². The molecule has 0 atom stereocenters. The second-order valence-corrected chi connectivity index (χ2v) is 7.78. The molecule has 5 rings (SSSR count). The average molecular weight is 405 g/mol. The van der Waals surface area contributed by atoms with E-state index in [0.29, 0.717) is 19.6 Å². The second kappa shape index (κ2) is 8.53. The molecule has 3 aromatic carbocycles. The van der Waals surface area contributed by atoms with Crippen molar-refractivity contribution in [1.29, 1.82) is 0 Å². The number of carbonyl (C=O) groups excluding carboxylic acids is 1. The van der Waals surface area contributed by atoms with E-state index in [1.54, 1.807) is 0 Å². The van der Waals surface area contributed by atoms with Crippen LogP contribution in [0.1, 0.15) is 40.2 Å². The third kappa shape index (κ3) is 3.85. The fourth-order valence-corrected chi connectivity index (χ4v) is 4.44. The first-order chi connectivity index (χ1) is 15.3. The molecule has 1 N–H and O–H groups in total. The number of hydrogen-bond donors (Lipinski definition) is 1. The number of hydrogen-bond acceptors (Lipinski definition) is 2. The maximum Gasteiger partial charge on any atom is 0.407 e. The van der Waals surface area contributed by atoms with Crippen LogP contribution in [0.25, 0.3) is 17.2 Å². The summed E-state index contributed by atoms with van der Waals surface area (Å²) in [6.45, 7) is 0.797. The number of allylic oxidation sites excluding steroid dienone is 1. The highest BCUT2D eigenvalue weighted by molar-refractivity contribution is 5.79. The van der Waals surface area contributed by atoms with Gasteiger partial charge in [0.2, 0.25) is 0 Å². The maximum absolute atomic E-state index is 12.2. The fourth-order valence-electron chi connectivity index (χ4n) is 4.44. The van der Waals surface area contributed by atoms with Crippen LogP contribution in [0.3, 0.4) is 0 Å². The van der Waals surface area contributed by atoms with Crippen molar-refractivity contribution in [3.63, 3.8) is 0 Å². The Bertz CT molecular complexity index is 1180. The fraction of sp³-hybridized carbons (Fsp3) is 0.179. The van der Waals surface area contributed by atoms with Crippen molar-refractivity contribution in [2.75, 3.05) is 13.2 Å². The van der Waals surface area contributed by atoms with Gasteiger partial charge in [0.1, 0.15) is 6.61 Å². The number of fused-ring (bicyclic) bond motifs is 4. The Morgan fingerprint density at radius 2 is 1.71 bits per heavy atom. The number of ether oxygens (including phenoxy) is 1. The summed E-state index contributed by atoms with van der Waals surface area (Å²) in [6.07, 6.45) is 5.43. The van der Waals surface area contributed by atoms with Gasteiger partial charge < -0.3 is 10.1 Å². The summed E-state index contributed by atoms with van der Waals surface area (Å²) >= 11 is 0. The van der Waals surface area contributed by atoms with Crippen LogP contribution in [0.15, 0.2) is 72.8 Å². The molecule has 0 bridgehead atoms. The molecule has 0 saturated carbocycles. The molecule has 3 heteroatoms. The molecule has 3 aromatic rings. The van der Waals surface area contributed by atoms with Crippen LogP contribution in [0, 0.1) is 11.8 Å². The molecule has 1 amide bonds. The quantitative estimate of drug-likeness (QED) is 0.457. The molecule has 2 aliphatic carbocycles. The van der Waals surface area contributed by atoms with Gasteiger partial charge in [-0.3, -0.25) is 0 Å². The second-order valence-electron chi connectivity index (χ2n) is 7.78. The zero-order chi connectivity index (χ0) is 21.0. The lowest BCUT2D eigenvalue weighted by Crippen LogP contribution is -2.26. The standard InChI is InChI=1S/C28H23NO2/c30-28(29-18-6-5-9-20-10-7-11-21-12-8-17-22(20)21)31-19-27-25-15-3-1-13-23(25)24-14-2-4-16-26(24)27/h1-4,7-8,10-16,27H,6,17-19H2,(H,29,30). The first kappa shape index (κ1) is 19.2. The summed E-state index contributed by atoms with van der Waals surface area (Å²) in [7, 11) is 0. The molecule has 0 aromatic heterocycles. The van der Waals surface area contributed by atoms with Crippen molar-refractivity contribution in [1.82, 2.24) is 5.32 Å². The van der Waals surface area contributed by atoms with Crippen LogP contribution in [0.4, 0.5) is 4.79 Å². The van der Waals surface area contributed by atoms with Gasteiger partial charge in [0, 0.05) is 24.4 Å². The van der Waals surface area contributed by atoms with Gasteiger partial charge in [0.15, 0.2) is 0 Å².